The van der Waals surface area contributed by atoms with Crippen LogP contribution in [0.2, 0.25) is 0 Å². The van der Waals surface area contributed by atoms with Gasteiger partial charge in [0.15, 0.2) is 5.13 Å². The van der Waals surface area contributed by atoms with E-state index in [0.717, 1.165) is 17.2 Å². The van der Waals surface area contributed by atoms with Gasteiger partial charge in [0.05, 0.1) is 18.4 Å². The first kappa shape index (κ1) is 16.1. The van der Waals surface area contributed by atoms with Crippen molar-refractivity contribution in [2.45, 2.75) is 26.1 Å². The van der Waals surface area contributed by atoms with E-state index < -0.39 is 0 Å². The highest BCUT2D eigenvalue weighted by Gasteiger charge is 2.21. The monoisotopic (exact) mass is 353 g/mol. The Morgan fingerprint density at radius 3 is 2.84 bits per heavy atom. The second kappa shape index (κ2) is 6.82. The average Bonchev–Trinajstić information content (AvgIpc) is 3.29. The number of rotatable bonds is 4. The third-order valence-electron chi connectivity index (χ3n) is 4.35. The number of carbonyl (C=O) groups is 1. The molecule has 1 amide bonds. The lowest BCUT2D eigenvalue weighted by molar-refractivity contribution is 0.0285. The maximum absolute atomic E-state index is 12.5. The van der Waals surface area contributed by atoms with Crippen LogP contribution >= 0.6 is 11.3 Å². The smallest absolute Gasteiger partial charge is 0.263 e. The first-order valence-corrected chi connectivity index (χ1v) is 9.09. The van der Waals surface area contributed by atoms with Gasteiger partial charge in [0, 0.05) is 25.4 Å². The Labute approximate surface area is 150 Å². The predicted molar refractivity (Wildman–Crippen MR) is 97.2 cm³/mol. The first-order chi connectivity index (χ1) is 12.2. The molecule has 4 rings (SSSR count). The number of hydrogen-bond donors (Lipinski definition) is 1. The molecule has 0 radical (unpaired) electrons. The first-order valence-electron chi connectivity index (χ1n) is 8.28. The number of benzene rings is 1. The molecule has 2 aromatic heterocycles. The second-order valence-electron chi connectivity index (χ2n) is 6.12. The van der Waals surface area contributed by atoms with Gasteiger partial charge in [-0.3, -0.25) is 4.79 Å². The fraction of sp³-hybridized carbons (Fsp3) is 0.263. The molecule has 1 aromatic carbocycles. The maximum Gasteiger partial charge on any atom is 0.263 e. The minimum atomic E-state index is -0.0872. The van der Waals surface area contributed by atoms with Gasteiger partial charge in [-0.05, 0) is 30.2 Å². The van der Waals surface area contributed by atoms with Crippen LogP contribution in [0.15, 0.2) is 48.8 Å². The van der Waals surface area contributed by atoms with Crippen LogP contribution < -0.4 is 5.32 Å². The van der Waals surface area contributed by atoms with Crippen molar-refractivity contribution in [1.29, 1.82) is 0 Å². The molecule has 6 heteroatoms. The Bertz CT molecular complexity index is 886. The molecule has 0 saturated carbocycles. The summed E-state index contributed by atoms with van der Waals surface area (Å²) in [5.74, 6) is -0.0872. The van der Waals surface area contributed by atoms with Crippen molar-refractivity contribution in [3.8, 4) is 5.13 Å². The maximum atomic E-state index is 12.5. The summed E-state index contributed by atoms with van der Waals surface area (Å²) in [5, 5.41) is 3.80. The average molecular weight is 353 g/mol. The Balaban J connectivity index is 1.40. The fourth-order valence-electron chi connectivity index (χ4n) is 2.99. The Kier molecular flexibility index (Phi) is 4.38. The van der Waals surface area contributed by atoms with Gasteiger partial charge in [-0.25, -0.2) is 4.98 Å². The van der Waals surface area contributed by atoms with Gasteiger partial charge in [-0.15, -0.1) is 0 Å². The van der Waals surface area contributed by atoms with Crippen LogP contribution in [0.25, 0.3) is 5.13 Å². The number of thiazole rings is 1. The number of aromatic nitrogens is 2. The molecule has 0 bridgehead atoms. The second-order valence-corrected chi connectivity index (χ2v) is 7.09. The van der Waals surface area contributed by atoms with E-state index >= 15 is 0 Å². The van der Waals surface area contributed by atoms with Crippen molar-refractivity contribution >= 4 is 17.2 Å². The summed E-state index contributed by atoms with van der Waals surface area (Å²) < 4.78 is 7.77. The lowest BCUT2D eigenvalue weighted by atomic mass is 9.99. The third-order valence-corrected chi connectivity index (χ3v) is 5.52. The van der Waals surface area contributed by atoms with Crippen molar-refractivity contribution < 1.29 is 9.53 Å². The Hall–Kier alpha value is -2.44. The highest BCUT2D eigenvalue weighted by atomic mass is 32.1. The van der Waals surface area contributed by atoms with Gasteiger partial charge in [0.25, 0.3) is 5.91 Å². The quantitative estimate of drug-likeness (QED) is 0.784. The molecule has 3 aromatic rings. The molecule has 128 valence electrons. The minimum Gasteiger partial charge on any atom is -0.371 e. The van der Waals surface area contributed by atoms with Crippen LogP contribution in [0, 0.1) is 6.92 Å². The standard InChI is InChI=1S/C19H19N3O2S/c1-13-17(25-19(21-13)22-8-4-5-9-22)18(23)20-11-16-10-14-6-2-3-7-15(14)12-24-16/h2-9,16H,10-12H2,1H3,(H,20,23). The number of ether oxygens (including phenoxy) is 1. The Morgan fingerprint density at radius 1 is 1.28 bits per heavy atom. The number of hydrogen-bond acceptors (Lipinski definition) is 4. The topological polar surface area (TPSA) is 56.2 Å². The van der Waals surface area contributed by atoms with E-state index in [1.165, 1.54) is 22.5 Å². The zero-order chi connectivity index (χ0) is 17.2. The van der Waals surface area contributed by atoms with Crippen molar-refractivity contribution in [1.82, 2.24) is 14.9 Å². The van der Waals surface area contributed by atoms with Gasteiger partial charge < -0.3 is 14.6 Å². The normalized spacial score (nSPS) is 16.4. The summed E-state index contributed by atoms with van der Waals surface area (Å²) in [7, 11) is 0. The molecule has 0 saturated heterocycles. The van der Waals surface area contributed by atoms with Crippen LogP contribution in [-0.4, -0.2) is 28.1 Å². The molecule has 5 nitrogen and oxygen atoms in total. The SMILES string of the molecule is Cc1nc(-n2cccc2)sc1C(=O)NCC1Cc2ccccc2CO1. The molecule has 1 N–H and O–H groups in total. The lowest BCUT2D eigenvalue weighted by Gasteiger charge is -2.25. The molecule has 3 heterocycles. The highest BCUT2D eigenvalue weighted by molar-refractivity contribution is 7.16. The van der Waals surface area contributed by atoms with Gasteiger partial charge in [-0.2, -0.15) is 0 Å². The van der Waals surface area contributed by atoms with Gasteiger partial charge in [0.2, 0.25) is 0 Å². The Morgan fingerprint density at radius 2 is 2.04 bits per heavy atom. The molecule has 1 aliphatic rings. The van der Waals surface area contributed by atoms with Gasteiger partial charge in [0.1, 0.15) is 4.88 Å². The number of nitrogens with one attached hydrogen (secondary N) is 1. The van der Waals surface area contributed by atoms with Crippen LogP contribution in [-0.2, 0) is 17.8 Å². The largest absolute Gasteiger partial charge is 0.371 e. The zero-order valence-corrected chi connectivity index (χ0v) is 14.8. The van der Waals surface area contributed by atoms with E-state index in [1.807, 2.05) is 48.1 Å². The number of nitrogens with zero attached hydrogens (tertiary/aromatic N) is 2. The van der Waals surface area contributed by atoms with Gasteiger partial charge >= 0.3 is 0 Å². The zero-order valence-electron chi connectivity index (χ0n) is 13.9. The van der Waals surface area contributed by atoms with E-state index in [-0.39, 0.29) is 12.0 Å². The molecule has 0 aliphatic carbocycles. The van der Waals surface area contributed by atoms with Crippen LogP contribution in [0.4, 0.5) is 0 Å². The van der Waals surface area contributed by atoms with E-state index in [9.17, 15) is 4.79 Å². The van der Waals surface area contributed by atoms with E-state index in [2.05, 4.69) is 22.4 Å². The number of aryl methyl sites for hydroxylation is 1. The van der Waals surface area contributed by atoms with E-state index in [4.69, 9.17) is 4.74 Å². The number of carbonyl (C=O) groups excluding carboxylic acids is 1. The predicted octanol–water partition coefficient (Wildman–Crippen LogP) is 3.11. The molecule has 1 unspecified atom stereocenters. The molecule has 0 fully saturated rings. The molecular formula is C19H19N3O2S. The molecule has 1 aliphatic heterocycles. The molecule has 0 spiro atoms. The van der Waals surface area contributed by atoms with Crippen molar-refractivity contribution in [3.63, 3.8) is 0 Å². The van der Waals surface area contributed by atoms with Crippen molar-refractivity contribution in [2.24, 2.45) is 0 Å². The third kappa shape index (κ3) is 3.36. The molecule has 1 atom stereocenters. The van der Waals surface area contributed by atoms with Crippen molar-refractivity contribution in [3.05, 3.63) is 70.5 Å². The highest BCUT2D eigenvalue weighted by Crippen LogP contribution is 2.22. The van der Waals surface area contributed by atoms with Gasteiger partial charge in [-0.1, -0.05) is 35.6 Å². The summed E-state index contributed by atoms with van der Waals surface area (Å²) in [4.78, 5) is 17.7. The molecule has 25 heavy (non-hydrogen) atoms. The number of fused-ring (bicyclic) bond motifs is 1. The van der Waals surface area contributed by atoms with Crippen LogP contribution in [0.3, 0.4) is 0 Å². The van der Waals surface area contributed by atoms with E-state index in [1.54, 1.807) is 0 Å². The number of amides is 1. The van der Waals surface area contributed by atoms with Crippen molar-refractivity contribution in [2.75, 3.05) is 6.54 Å². The summed E-state index contributed by atoms with van der Waals surface area (Å²) in [6.45, 7) is 2.98. The molecular weight excluding hydrogens is 334 g/mol. The fourth-order valence-corrected chi connectivity index (χ4v) is 3.94. The van der Waals surface area contributed by atoms with E-state index in [0.29, 0.717) is 18.0 Å². The van der Waals surface area contributed by atoms with Crippen LogP contribution in [0.1, 0.15) is 26.5 Å². The lowest BCUT2D eigenvalue weighted by Crippen LogP contribution is -2.36. The summed E-state index contributed by atoms with van der Waals surface area (Å²) in [6, 6.07) is 12.2. The summed E-state index contributed by atoms with van der Waals surface area (Å²) in [5.41, 5.74) is 3.29. The minimum absolute atomic E-state index is 0.0102. The summed E-state index contributed by atoms with van der Waals surface area (Å²) >= 11 is 1.40. The summed E-state index contributed by atoms with van der Waals surface area (Å²) in [6.07, 6.45) is 4.68. The van der Waals surface area contributed by atoms with Crippen LogP contribution in [0.5, 0.6) is 0 Å².